The van der Waals surface area contributed by atoms with Gasteiger partial charge in [-0.25, -0.2) is 4.79 Å². The molecule has 2 aliphatic heterocycles. The van der Waals surface area contributed by atoms with Gasteiger partial charge in [-0.1, -0.05) is 13.8 Å². The highest BCUT2D eigenvalue weighted by atomic mass is 32.1. The van der Waals surface area contributed by atoms with Crippen LogP contribution in [0, 0.1) is 24.2 Å². The quantitative estimate of drug-likeness (QED) is 0.412. The van der Waals surface area contributed by atoms with E-state index in [1.165, 1.54) is 16.2 Å². The molecule has 4 amide bonds. The van der Waals surface area contributed by atoms with Gasteiger partial charge in [-0.2, -0.15) is 0 Å². The van der Waals surface area contributed by atoms with Crippen molar-refractivity contribution in [1.29, 1.82) is 0 Å². The Hall–Kier alpha value is -3.86. The molecule has 5 heterocycles. The second-order valence-corrected chi connectivity index (χ2v) is 14.1. The molecule has 0 N–H and O–H groups in total. The number of fused-ring (bicyclic) bond motifs is 2. The van der Waals surface area contributed by atoms with Gasteiger partial charge in [-0.05, 0) is 56.9 Å². The molecule has 42 heavy (non-hydrogen) atoms. The number of hydrogen-bond acceptors (Lipinski definition) is 8. The zero-order chi connectivity index (χ0) is 30.1. The van der Waals surface area contributed by atoms with Gasteiger partial charge in [0.2, 0.25) is 11.8 Å². The van der Waals surface area contributed by atoms with Crippen LogP contribution in [0.15, 0.2) is 30.6 Å². The summed E-state index contributed by atoms with van der Waals surface area (Å²) >= 11 is 1.46. The van der Waals surface area contributed by atoms with Crippen molar-refractivity contribution in [2.24, 2.45) is 17.3 Å². The highest BCUT2D eigenvalue weighted by molar-refractivity contribution is 7.19. The van der Waals surface area contributed by atoms with E-state index in [9.17, 15) is 19.2 Å². The van der Waals surface area contributed by atoms with Gasteiger partial charge in [0.05, 0.1) is 39.9 Å². The summed E-state index contributed by atoms with van der Waals surface area (Å²) in [4.78, 5) is 67.1. The number of carbonyl (C=O) groups excluding carboxylic acids is 4. The van der Waals surface area contributed by atoms with Crippen molar-refractivity contribution in [3.63, 3.8) is 0 Å². The molecule has 3 aliphatic rings. The number of piperidine rings is 1. The molecular weight excluding hydrogens is 554 g/mol. The van der Waals surface area contributed by atoms with E-state index in [2.05, 4.69) is 9.97 Å². The Kier molecular flexibility index (Phi) is 6.64. The molecule has 2 unspecified atom stereocenters. The minimum absolute atomic E-state index is 0.0966. The average molecular weight is 590 g/mol. The lowest BCUT2D eigenvalue weighted by Gasteiger charge is -2.36. The molecule has 0 aromatic carbocycles. The van der Waals surface area contributed by atoms with Gasteiger partial charge in [-0.15, -0.1) is 11.3 Å². The summed E-state index contributed by atoms with van der Waals surface area (Å²) in [5, 5.41) is 0. The number of amides is 4. The third-order valence-electron chi connectivity index (χ3n) is 8.52. The van der Waals surface area contributed by atoms with Crippen molar-refractivity contribution in [1.82, 2.24) is 24.7 Å². The lowest BCUT2D eigenvalue weighted by atomic mass is 10.0. The predicted molar refractivity (Wildman–Crippen MR) is 158 cm³/mol. The van der Waals surface area contributed by atoms with Gasteiger partial charge in [0.15, 0.2) is 0 Å². The zero-order valence-electron chi connectivity index (χ0n) is 24.8. The third kappa shape index (κ3) is 4.73. The summed E-state index contributed by atoms with van der Waals surface area (Å²) in [6.45, 7) is 13.1. The molecule has 6 rings (SSSR count). The second-order valence-electron chi connectivity index (χ2n) is 12.9. The number of piperazine rings is 1. The SMILES string of the molecule is Cc1ccnc(-c2ccnc3cc(CN4C(=O)C5C(C4=O)C5(C)C)sc23)c1C(=O)N1CCN(C(=O)OC(C)(C)C)CC1. The van der Waals surface area contributed by atoms with E-state index in [0.717, 1.165) is 26.2 Å². The van der Waals surface area contributed by atoms with Crippen LogP contribution in [0.3, 0.4) is 0 Å². The Labute approximate surface area is 248 Å². The fourth-order valence-corrected chi connectivity index (χ4v) is 7.29. The summed E-state index contributed by atoms with van der Waals surface area (Å²) in [5.41, 5.74) is 2.55. The van der Waals surface area contributed by atoms with Crippen LogP contribution in [-0.4, -0.2) is 80.3 Å². The van der Waals surface area contributed by atoms with E-state index in [4.69, 9.17) is 4.74 Å². The smallest absolute Gasteiger partial charge is 0.410 e. The summed E-state index contributed by atoms with van der Waals surface area (Å²) in [5.74, 6) is -0.772. The molecule has 3 aromatic rings. The van der Waals surface area contributed by atoms with Crippen LogP contribution in [0.5, 0.6) is 0 Å². The lowest BCUT2D eigenvalue weighted by Crippen LogP contribution is -2.51. The molecule has 11 heteroatoms. The summed E-state index contributed by atoms with van der Waals surface area (Å²) in [6, 6.07) is 5.58. The van der Waals surface area contributed by atoms with Crippen LogP contribution in [0.2, 0.25) is 0 Å². The summed E-state index contributed by atoms with van der Waals surface area (Å²) in [7, 11) is 0. The maximum Gasteiger partial charge on any atom is 0.410 e. The largest absolute Gasteiger partial charge is 0.444 e. The number of thiophene rings is 1. The summed E-state index contributed by atoms with van der Waals surface area (Å²) in [6.07, 6.45) is 3.01. The minimum Gasteiger partial charge on any atom is -0.444 e. The number of carbonyl (C=O) groups is 4. The maximum absolute atomic E-state index is 13.9. The predicted octanol–water partition coefficient (Wildman–Crippen LogP) is 4.50. The van der Waals surface area contributed by atoms with Crippen molar-refractivity contribution < 1.29 is 23.9 Å². The Balaban J connectivity index is 1.25. The van der Waals surface area contributed by atoms with Crippen LogP contribution >= 0.6 is 11.3 Å². The molecule has 1 saturated carbocycles. The average Bonchev–Trinajstić information content (AvgIpc) is 3.16. The topological polar surface area (TPSA) is 113 Å². The zero-order valence-corrected chi connectivity index (χ0v) is 25.6. The number of rotatable bonds is 4. The molecule has 0 spiro atoms. The normalized spacial score (nSPS) is 21.6. The van der Waals surface area contributed by atoms with Crippen LogP contribution in [0.25, 0.3) is 21.5 Å². The molecular formula is C31H35N5O5S. The molecule has 1 aliphatic carbocycles. The molecule has 3 fully saturated rings. The molecule has 0 bridgehead atoms. The van der Waals surface area contributed by atoms with Gasteiger partial charge in [-0.3, -0.25) is 29.3 Å². The van der Waals surface area contributed by atoms with Gasteiger partial charge < -0.3 is 14.5 Å². The molecule has 2 saturated heterocycles. The first-order valence-corrected chi connectivity index (χ1v) is 15.1. The maximum atomic E-state index is 13.9. The minimum atomic E-state index is -0.583. The van der Waals surface area contributed by atoms with E-state index < -0.39 is 5.60 Å². The number of aryl methyl sites for hydroxylation is 1. The van der Waals surface area contributed by atoms with Gasteiger partial charge in [0.25, 0.3) is 5.91 Å². The standard InChI is InChI=1S/C31H35N5O5S/c1-17-7-9-33-24(21(17)26(37)34-11-13-35(14-12-34)29(40)41-30(2,3)4)19-8-10-32-20-15-18(42-25(19)20)16-36-27(38)22-23(28(36)39)31(22,5)6/h7-10,15,22-23H,11-14,16H2,1-6H3. The molecule has 3 aromatic heterocycles. The van der Waals surface area contributed by atoms with Crippen molar-refractivity contribution in [3.05, 3.63) is 46.6 Å². The lowest BCUT2D eigenvalue weighted by molar-refractivity contribution is -0.143. The fourth-order valence-electron chi connectivity index (χ4n) is 6.18. The fraction of sp³-hybridized carbons (Fsp3) is 0.484. The van der Waals surface area contributed by atoms with E-state index >= 15 is 0 Å². The van der Waals surface area contributed by atoms with Gasteiger partial charge >= 0.3 is 6.09 Å². The first-order valence-electron chi connectivity index (χ1n) is 14.2. The number of hydrogen-bond donors (Lipinski definition) is 0. The molecule has 0 radical (unpaired) electrons. The van der Waals surface area contributed by atoms with Crippen LogP contribution in [0.1, 0.15) is 55.4 Å². The Bertz CT molecular complexity index is 1610. The molecule has 2 atom stereocenters. The molecule has 10 nitrogen and oxygen atoms in total. The van der Waals surface area contributed by atoms with Crippen LogP contribution in [0.4, 0.5) is 4.79 Å². The Morgan fingerprint density at radius 2 is 1.62 bits per heavy atom. The van der Waals surface area contributed by atoms with E-state index in [1.807, 2.05) is 59.7 Å². The number of likely N-dealkylation sites (tertiary alicyclic amines) is 1. The highest BCUT2D eigenvalue weighted by Gasteiger charge is 2.72. The molecule has 220 valence electrons. The Morgan fingerprint density at radius 3 is 2.26 bits per heavy atom. The second kappa shape index (κ2) is 9.86. The monoisotopic (exact) mass is 589 g/mol. The van der Waals surface area contributed by atoms with E-state index in [0.29, 0.717) is 37.4 Å². The Morgan fingerprint density at radius 1 is 1.00 bits per heavy atom. The number of nitrogens with zero attached hydrogens (tertiary/aromatic N) is 5. The number of aromatic nitrogens is 2. The van der Waals surface area contributed by atoms with E-state index in [-0.39, 0.29) is 47.6 Å². The van der Waals surface area contributed by atoms with Crippen molar-refractivity contribution in [2.45, 2.75) is 53.7 Å². The van der Waals surface area contributed by atoms with Gasteiger partial charge in [0.1, 0.15) is 5.60 Å². The highest BCUT2D eigenvalue weighted by Crippen LogP contribution is 2.63. The van der Waals surface area contributed by atoms with Crippen molar-refractivity contribution in [3.8, 4) is 11.3 Å². The summed E-state index contributed by atoms with van der Waals surface area (Å²) < 4.78 is 6.34. The number of pyridine rings is 2. The number of imide groups is 1. The van der Waals surface area contributed by atoms with E-state index in [1.54, 1.807) is 22.2 Å². The first-order chi connectivity index (χ1) is 19.8. The van der Waals surface area contributed by atoms with Crippen molar-refractivity contribution in [2.75, 3.05) is 26.2 Å². The van der Waals surface area contributed by atoms with Gasteiger partial charge in [0, 0.05) is 49.0 Å². The van der Waals surface area contributed by atoms with Crippen LogP contribution < -0.4 is 0 Å². The number of ether oxygens (including phenoxy) is 1. The van der Waals surface area contributed by atoms with Crippen molar-refractivity contribution >= 4 is 45.4 Å². The first kappa shape index (κ1) is 28.3. The third-order valence-corrected chi connectivity index (χ3v) is 9.66. The van der Waals surface area contributed by atoms with Crippen LogP contribution in [-0.2, 0) is 20.9 Å².